The topological polar surface area (TPSA) is 70.7 Å². The standard InChI is InChI=1S/C12H16Cl2N4O/c13-5-7-18(8-6-14)11-3-1-10(2-4-11)9-16-17-12(15)19/h1-4,9H,5-8H2,(H3,15,17,19)/b16-9-. The fraction of sp³-hybridized carbons (Fsp3) is 0.333. The number of hydrazone groups is 1. The van der Waals surface area contributed by atoms with Crippen molar-refractivity contribution >= 4 is 41.1 Å². The number of urea groups is 1. The van der Waals surface area contributed by atoms with Crippen LogP contribution in [-0.4, -0.2) is 37.1 Å². The first-order valence-electron chi connectivity index (χ1n) is 5.73. The molecular formula is C12H16Cl2N4O. The van der Waals surface area contributed by atoms with Crippen molar-refractivity contribution in [2.75, 3.05) is 29.7 Å². The fourth-order valence-corrected chi connectivity index (χ4v) is 1.92. The van der Waals surface area contributed by atoms with Crippen molar-refractivity contribution in [1.29, 1.82) is 0 Å². The largest absolute Gasteiger partial charge is 0.369 e. The van der Waals surface area contributed by atoms with Crippen molar-refractivity contribution in [3.63, 3.8) is 0 Å². The number of hydrogen-bond donors (Lipinski definition) is 2. The van der Waals surface area contributed by atoms with Crippen LogP contribution < -0.4 is 16.1 Å². The molecular weight excluding hydrogens is 287 g/mol. The van der Waals surface area contributed by atoms with Crippen LogP contribution in [0.5, 0.6) is 0 Å². The molecule has 0 aromatic heterocycles. The highest BCUT2D eigenvalue weighted by molar-refractivity contribution is 6.18. The van der Waals surface area contributed by atoms with E-state index in [1.807, 2.05) is 24.3 Å². The Balaban J connectivity index is 2.68. The number of halogens is 2. The molecule has 0 fully saturated rings. The molecule has 0 spiro atoms. The number of nitrogens with zero attached hydrogens (tertiary/aromatic N) is 2. The van der Waals surface area contributed by atoms with E-state index < -0.39 is 6.03 Å². The zero-order chi connectivity index (χ0) is 14.1. The molecule has 19 heavy (non-hydrogen) atoms. The van der Waals surface area contributed by atoms with Crippen molar-refractivity contribution in [2.24, 2.45) is 10.8 Å². The van der Waals surface area contributed by atoms with E-state index in [9.17, 15) is 4.79 Å². The smallest absolute Gasteiger partial charge is 0.332 e. The van der Waals surface area contributed by atoms with Gasteiger partial charge in [0, 0.05) is 30.5 Å². The highest BCUT2D eigenvalue weighted by atomic mass is 35.5. The Hall–Kier alpha value is -1.46. The molecule has 0 heterocycles. The molecule has 1 aromatic rings. The van der Waals surface area contributed by atoms with Crippen LogP contribution in [0, 0.1) is 0 Å². The quantitative estimate of drug-likeness (QED) is 0.459. The monoisotopic (exact) mass is 302 g/mol. The van der Waals surface area contributed by atoms with E-state index >= 15 is 0 Å². The molecule has 3 N–H and O–H groups in total. The maximum absolute atomic E-state index is 10.4. The highest BCUT2D eigenvalue weighted by Gasteiger charge is 2.04. The molecule has 0 saturated heterocycles. The molecule has 5 nitrogen and oxygen atoms in total. The van der Waals surface area contributed by atoms with E-state index in [1.165, 1.54) is 6.21 Å². The number of carbonyl (C=O) groups is 1. The molecule has 0 radical (unpaired) electrons. The summed E-state index contributed by atoms with van der Waals surface area (Å²) in [5, 5.41) is 3.68. The molecule has 0 aliphatic heterocycles. The number of rotatable bonds is 7. The summed E-state index contributed by atoms with van der Waals surface area (Å²) < 4.78 is 0. The molecule has 0 bridgehead atoms. The normalized spacial score (nSPS) is 10.6. The van der Waals surface area contributed by atoms with Gasteiger partial charge in [0.2, 0.25) is 0 Å². The van der Waals surface area contributed by atoms with Crippen LogP contribution in [0.15, 0.2) is 29.4 Å². The fourth-order valence-electron chi connectivity index (χ4n) is 1.52. The van der Waals surface area contributed by atoms with E-state index in [2.05, 4.69) is 15.4 Å². The van der Waals surface area contributed by atoms with Gasteiger partial charge in [0.15, 0.2) is 0 Å². The van der Waals surface area contributed by atoms with Crippen LogP contribution in [0.3, 0.4) is 0 Å². The number of hydrogen-bond acceptors (Lipinski definition) is 3. The number of nitrogens with one attached hydrogen (secondary N) is 1. The molecule has 0 saturated carbocycles. The maximum atomic E-state index is 10.4. The summed E-state index contributed by atoms with van der Waals surface area (Å²) in [6.45, 7) is 1.48. The highest BCUT2D eigenvalue weighted by Crippen LogP contribution is 2.14. The molecule has 0 unspecified atom stereocenters. The lowest BCUT2D eigenvalue weighted by atomic mass is 10.2. The minimum Gasteiger partial charge on any atom is -0.369 e. The maximum Gasteiger partial charge on any atom is 0.332 e. The summed E-state index contributed by atoms with van der Waals surface area (Å²) in [4.78, 5) is 12.5. The van der Waals surface area contributed by atoms with E-state index in [1.54, 1.807) is 0 Å². The lowest BCUT2D eigenvalue weighted by molar-refractivity contribution is 0.249. The predicted octanol–water partition coefficient (Wildman–Crippen LogP) is 1.97. The third-order valence-electron chi connectivity index (χ3n) is 2.36. The van der Waals surface area contributed by atoms with Crippen LogP contribution in [0.4, 0.5) is 10.5 Å². The van der Waals surface area contributed by atoms with Crippen molar-refractivity contribution in [3.8, 4) is 0 Å². The third kappa shape index (κ3) is 5.81. The van der Waals surface area contributed by atoms with Gasteiger partial charge in [0.05, 0.1) is 6.21 Å². The molecule has 0 aliphatic carbocycles. The van der Waals surface area contributed by atoms with Crippen molar-refractivity contribution in [2.45, 2.75) is 0 Å². The third-order valence-corrected chi connectivity index (χ3v) is 2.69. The summed E-state index contributed by atoms with van der Waals surface area (Å²) in [5.41, 5.74) is 8.93. The van der Waals surface area contributed by atoms with Crippen LogP contribution in [-0.2, 0) is 0 Å². The number of benzene rings is 1. The first-order valence-corrected chi connectivity index (χ1v) is 6.79. The van der Waals surface area contributed by atoms with Gasteiger partial charge in [-0.3, -0.25) is 0 Å². The molecule has 1 aromatic carbocycles. The Morgan fingerprint density at radius 2 is 1.84 bits per heavy atom. The summed E-state index contributed by atoms with van der Waals surface area (Å²) in [6, 6.07) is 6.98. The van der Waals surface area contributed by atoms with Crippen molar-refractivity contribution < 1.29 is 4.79 Å². The van der Waals surface area contributed by atoms with Crippen LogP contribution in [0.25, 0.3) is 0 Å². The van der Waals surface area contributed by atoms with Crippen LogP contribution in [0.2, 0.25) is 0 Å². The Kier molecular flexibility index (Phi) is 7.07. The van der Waals surface area contributed by atoms with Gasteiger partial charge in [-0.2, -0.15) is 5.10 Å². The Labute approximate surface area is 122 Å². The minimum atomic E-state index is -0.691. The lowest BCUT2D eigenvalue weighted by Gasteiger charge is -2.22. The number of amides is 2. The van der Waals surface area contributed by atoms with E-state index in [0.717, 1.165) is 24.3 Å². The predicted molar refractivity (Wildman–Crippen MR) is 80.4 cm³/mol. The number of alkyl halides is 2. The SMILES string of the molecule is NC(=O)N/N=C\c1ccc(N(CCCl)CCCl)cc1. The van der Waals surface area contributed by atoms with Gasteiger partial charge in [-0.05, 0) is 17.7 Å². The van der Waals surface area contributed by atoms with Gasteiger partial charge in [0.25, 0.3) is 0 Å². The lowest BCUT2D eigenvalue weighted by Crippen LogP contribution is -2.27. The average molecular weight is 303 g/mol. The Bertz CT molecular complexity index is 416. The zero-order valence-electron chi connectivity index (χ0n) is 10.4. The number of primary amides is 1. The van der Waals surface area contributed by atoms with Gasteiger partial charge in [-0.15, -0.1) is 23.2 Å². The molecule has 2 amide bonds. The van der Waals surface area contributed by atoms with E-state index in [4.69, 9.17) is 28.9 Å². The Morgan fingerprint density at radius 1 is 1.26 bits per heavy atom. The van der Waals surface area contributed by atoms with Gasteiger partial charge in [-0.25, -0.2) is 10.2 Å². The van der Waals surface area contributed by atoms with Gasteiger partial charge >= 0.3 is 6.03 Å². The van der Waals surface area contributed by atoms with Gasteiger partial charge in [0.1, 0.15) is 0 Å². The number of nitrogens with two attached hydrogens (primary N) is 1. The van der Waals surface area contributed by atoms with E-state index in [-0.39, 0.29) is 0 Å². The van der Waals surface area contributed by atoms with Crippen molar-refractivity contribution in [3.05, 3.63) is 29.8 Å². The van der Waals surface area contributed by atoms with Gasteiger partial charge in [-0.1, -0.05) is 12.1 Å². The number of anilines is 1. The second-order valence-corrected chi connectivity index (χ2v) is 4.45. The second kappa shape index (κ2) is 8.61. The molecule has 0 aliphatic rings. The summed E-state index contributed by atoms with van der Waals surface area (Å²) in [5.74, 6) is 1.09. The van der Waals surface area contributed by atoms with E-state index in [0.29, 0.717) is 11.8 Å². The molecule has 1 rings (SSSR count). The second-order valence-electron chi connectivity index (χ2n) is 3.69. The summed E-state index contributed by atoms with van der Waals surface area (Å²) in [6.07, 6.45) is 1.52. The average Bonchev–Trinajstić information content (AvgIpc) is 2.39. The summed E-state index contributed by atoms with van der Waals surface area (Å²) >= 11 is 11.5. The number of carbonyl (C=O) groups excluding carboxylic acids is 1. The molecule has 0 atom stereocenters. The molecule has 7 heteroatoms. The van der Waals surface area contributed by atoms with Crippen LogP contribution >= 0.6 is 23.2 Å². The zero-order valence-corrected chi connectivity index (χ0v) is 11.9. The van der Waals surface area contributed by atoms with Crippen LogP contribution in [0.1, 0.15) is 5.56 Å². The summed E-state index contributed by atoms with van der Waals surface area (Å²) in [7, 11) is 0. The van der Waals surface area contributed by atoms with Crippen molar-refractivity contribution in [1.82, 2.24) is 5.43 Å². The molecule has 104 valence electrons. The first kappa shape index (κ1) is 15.6. The minimum absolute atomic E-state index is 0.544. The first-order chi connectivity index (χ1) is 9.17. The van der Waals surface area contributed by atoms with Gasteiger partial charge < -0.3 is 10.6 Å². The Morgan fingerprint density at radius 3 is 2.32 bits per heavy atom.